The third-order valence-corrected chi connectivity index (χ3v) is 3.68. The van der Waals surface area contributed by atoms with E-state index in [0.717, 1.165) is 25.7 Å². The highest BCUT2D eigenvalue weighted by Gasteiger charge is 2.39. The maximum atomic E-state index is 10.7. The Labute approximate surface area is 104 Å². The zero-order valence-corrected chi connectivity index (χ0v) is 9.81. The molecule has 5 nitrogen and oxygen atoms in total. The Bertz CT molecular complexity index is 528. The minimum atomic E-state index is -0.646. The van der Waals surface area contributed by atoms with Crippen LogP contribution in [0.3, 0.4) is 0 Å². The van der Waals surface area contributed by atoms with E-state index in [4.69, 9.17) is 9.47 Å². The van der Waals surface area contributed by atoms with E-state index < -0.39 is 5.54 Å². The molecule has 0 aromatic heterocycles. The van der Waals surface area contributed by atoms with Crippen molar-refractivity contribution in [2.45, 2.75) is 31.2 Å². The van der Waals surface area contributed by atoms with Gasteiger partial charge in [-0.1, -0.05) is 12.8 Å². The second-order valence-electron chi connectivity index (χ2n) is 4.66. The van der Waals surface area contributed by atoms with Gasteiger partial charge in [-0.2, -0.15) is 4.99 Å². The number of ether oxygens (including phenoxy) is 2. The first kappa shape index (κ1) is 11.1. The molecular weight excluding hydrogens is 234 g/mol. The number of hydrogen-bond donors (Lipinski definition) is 1. The molecule has 1 fully saturated rings. The molecule has 1 aliphatic heterocycles. The highest BCUT2D eigenvalue weighted by molar-refractivity contribution is 5.54. The third-order valence-electron chi connectivity index (χ3n) is 3.68. The molecule has 3 rings (SSSR count). The predicted molar refractivity (Wildman–Crippen MR) is 62.5 cm³/mol. The normalized spacial score (nSPS) is 19.6. The van der Waals surface area contributed by atoms with Gasteiger partial charge in [0.15, 0.2) is 11.5 Å². The summed E-state index contributed by atoms with van der Waals surface area (Å²) in [7, 11) is 0. The standard InChI is InChI=1S/C13H13NO4/c15-7-14-13(3-1-2-4-13)9-5-11-12(6-10(9)16)18-8-17-11/h5-6,16H,1-4,8H2. The molecule has 0 amide bonds. The van der Waals surface area contributed by atoms with Crippen LogP contribution in [0.15, 0.2) is 17.1 Å². The minimum absolute atomic E-state index is 0.0974. The van der Waals surface area contributed by atoms with Crippen molar-refractivity contribution in [2.75, 3.05) is 6.79 Å². The number of rotatable bonds is 2. The van der Waals surface area contributed by atoms with Crippen molar-refractivity contribution in [1.29, 1.82) is 0 Å². The monoisotopic (exact) mass is 247 g/mol. The third kappa shape index (κ3) is 1.56. The Morgan fingerprint density at radius 2 is 1.89 bits per heavy atom. The topological polar surface area (TPSA) is 68.1 Å². The molecule has 0 unspecified atom stereocenters. The summed E-state index contributed by atoms with van der Waals surface area (Å²) in [5, 5.41) is 10.1. The Hall–Kier alpha value is -2.00. The van der Waals surface area contributed by atoms with E-state index in [1.807, 2.05) is 0 Å². The molecule has 1 aliphatic carbocycles. The smallest absolute Gasteiger partial charge is 0.235 e. The molecule has 18 heavy (non-hydrogen) atoms. The summed E-state index contributed by atoms with van der Waals surface area (Å²) in [6.45, 7) is 0.155. The number of aliphatic imine (C=N–C) groups is 1. The van der Waals surface area contributed by atoms with Crippen LogP contribution >= 0.6 is 0 Å². The summed E-state index contributed by atoms with van der Waals surface area (Å²) in [4.78, 5) is 14.6. The van der Waals surface area contributed by atoms with Crippen molar-refractivity contribution in [3.05, 3.63) is 17.7 Å². The molecule has 1 heterocycles. The summed E-state index contributed by atoms with van der Waals surface area (Å²) >= 11 is 0. The number of phenols is 1. The van der Waals surface area contributed by atoms with E-state index in [1.165, 1.54) is 6.07 Å². The van der Waals surface area contributed by atoms with E-state index in [2.05, 4.69) is 4.99 Å². The number of phenolic OH excluding ortho intramolecular Hbond substituents is 1. The van der Waals surface area contributed by atoms with Crippen LogP contribution in [-0.4, -0.2) is 18.0 Å². The van der Waals surface area contributed by atoms with Gasteiger partial charge in [0.25, 0.3) is 0 Å². The Kier molecular flexibility index (Phi) is 2.49. The van der Waals surface area contributed by atoms with Gasteiger partial charge in [-0.15, -0.1) is 0 Å². The molecule has 0 atom stereocenters. The number of hydrogen-bond acceptors (Lipinski definition) is 5. The molecule has 0 radical (unpaired) electrons. The van der Waals surface area contributed by atoms with Gasteiger partial charge in [-0.3, -0.25) is 0 Å². The van der Waals surface area contributed by atoms with Crippen molar-refractivity contribution < 1.29 is 19.4 Å². The lowest BCUT2D eigenvalue weighted by molar-refractivity contribution is 0.174. The number of carbonyl (C=O) groups excluding carboxylic acids is 1. The molecule has 5 heteroatoms. The zero-order valence-electron chi connectivity index (χ0n) is 9.81. The summed E-state index contributed by atoms with van der Waals surface area (Å²) in [5.74, 6) is 1.22. The predicted octanol–water partition coefficient (Wildman–Crippen LogP) is 2.23. The molecular formula is C13H13NO4. The number of isocyanates is 1. The molecule has 1 aromatic carbocycles. The second-order valence-corrected chi connectivity index (χ2v) is 4.66. The van der Waals surface area contributed by atoms with E-state index in [1.54, 1.807) is 12.1 Å². The first-order chi connectivity index (χ1) is 8.75. The van der Waals surface area contributed by atoms with Crippen LogP contribution in [0.1, 0.15) is 31.2 Å². The van der Waals surface area contributed by atoms with Crippen LogP contribution in [-0.2, 0) is 10.3 Å². The van der Waals surface area contributed by atoms with Gasteiger partial charge >= 0.3 is 0 Å². The molecule has 1 aromatic rings. The summed E-state index contributed by atoms with van der Waals surface area (Å²) in [6.07, 6.45) is 5.10. The second kappa shape index (κ2) is 4.03. The van der Waals surface area contributed by atoms with Gasteiger partial charge in [0, 0.05) is 11.6 Å². The average Bonchev–Trinajstić information content (AvgIpc) is 2.97. The minimum Gasteiger partial charge on any atom is -0.507 e. The molecule has 2 aliphatic rings. The average molecular weight is 247 g/mol. The first-order valence-electron chi connectivity index (χ1n) is 5.97. The van der Waals surface area contributed by atoms with E-state index in [-0.39, 0.29) is 12.5 Å². The van der Waals surface area contributed by atoms with Crippen LogP contribution in [0.25, 0.3) is 0 Å². The fraction of sp³-hybridized carbons (Fsp3) is 0.462. The van der Waals surface area contributed by atoms with Crippen LogP contribution in [0.4, 0.5) is 0 Å². The van der Waals surface area contributed by atoms with Crippen molar-refractivity contribution in [3.8, 4) is 17.2 Å². The van der Waals surface area contributed by atoms with Crippen molar-refractivity contribution >= 4 is 6.08 Å². The fourth-order valence-corrected chi connectivity index (χ4v) is 2.79. The molecule has 1 saturated carbocycles. The lowest BCUT2D eigenvalue weighted by Crippen LogP contribution is -2.19. The lowest BCUT2D eigenvalue weighted by Gasteiger charge is -2.23. The van der Waals surface area contributed by atoms with Crippen LogP contribution in [0.2, 0.25) is 0 Å². The van der Waals surface area contributed by atoms with Gasteiger partial charge in [-0.05, 0) is 18.9 Å². The van der Waals surface area contributed by atoms with Gasteiger partial charge < -0.3 is 14.6 Å². The first-order valence-corrected chi connectivity index (χ1v) is 5.97. The van der Waals surface area contributed by atoms with E-state index >= 15 is 0 Å². The van der Waals surface area contributed by atoms with Crippen molar-refractivity contribution in [2.24, 2.45) is 4.99 Å². The van der Waals surface area contributed by atoms with Crippen molar-refractivity contribution in [1.82, 2.24) is 0 Å². The quantitative estimate of drug-likeness (QED) is 0.642. The van der Waals surface area contributed by atoms with E-state index in [9.17, 15) is 9.90 Å². The van der Waals surface area contributed by atoms with E-state index in [0.29, 0.717) is 17.1 Å². The Morgan fingerprint density at radius 3 is 2.56 bits per heavy atom. The van der Waals surface area contributed by atoms with Gasteiger partial charge in [-0.25, -0.2) is 4.79 Å². The van der Waals surface area contributed by atoms with Crippen LogP contribution in [0, 0.1) is 0 Å². The lowest BCUT2D eigenvalue weighted by atomic mass is 9.88. The highest BCUT2D eigenvalue weighted by Crippen LogP contribution is 2.49. The van der Waals surface area contributed by atoms with Gasteiger partial charge in [0.2, 0.25) is 12.9 Å². The molecule has 0 saturated heterocycles. The molecule has 1 N–H and O–H groups in total. The van der Waals surface area contributed by atoms with Crippen LogP contribution in [0.5, 0.6) is 17.2 Å². The van der Waals surface area contributed by atoms with Crippen LogP contribution < -0.4 is 9.47 Å². The number of aromatic hydroxyl groups is 1. The molecule has 0 spiro atoms. The summed E-state index contributed by atoms with van der Waals surface area (Å²) in [5.41, 5.74) is -0.0140. The maximum absolute atomic E-state index is 10.7. The summed E-state index contributed by atoms with van der Waals surface area (Å²) in [6, 6.07) is 3.25. The highest BCUT2D eigenvalue weighted by atomic mass is 16.7. The number of fused-ring (bicyclic) bond motifs is 1. The van der Waals surface area contributed by atoms with Gasteiger partial charge in [0.05, 0.1) is 0 Å². The summed E-state index contributed by atoms with van der Waals surface area (Å²) < 4.78 is 10.5. The number of nitrogens with zero attached hydrogens (tertiary/aromatic N) is 1. The number of benzene rings is 1. The SMILES string of the molecule is O=C=NC1(c2cc3c(cc2O)OCO3)CCCC1. The Balaban J connectivity index is 2.12. The zero-order chi connectivity index (χ0) is 12.6. The Morgan fingerprint density at radius 1 is 1.22 bits per heavy atom. The molecule has 94 valence electrons. The largest absolute Gasteiger partial charge is 0.507 e. The fourth-order valence-electron chi connectivity index (χ4n) is 2.79. The molecule has 0 bridgehead atoms. The van der Waals surface area contributed by atoms with Gasteiger partial charge in [0.1, 0.15) is 11.3 Å². The maximum Gasteiger partial charge on any atom is 0.235 e. The van der Waals surface area contributed by atoms with Crippen molar-refractivity contribution in [3.63, 3.8) is 0 Å².